The molecule has 7 heteroatoms. The van der Waals surface area contributed by atoms with E-state index < -0.39 is 10.0 Å². The molecule has 1 amide bonds. The van der Waals surface area contributed by atoms with Gasteiger partial charge >= 0.3 is 0 Å². The number of thiophene rings is 1. The van der Waals surface area contributed by atoms with Gasteiger partial charge in [0.2, 0.25) is 10.0 Å². The van der Waals surface area contributed by atoms with Gasteiger partial charge in [-0.2, -0.15) is 4.31 Å². The average molecular weight is 379 g/mol. The molecule has 1 saturated heterocycles. The molecule has 25 heavy (non-hydrogen) atoms. The van der Waals surface area contributed by atoms with Crippen molar-refractivity contribution in [2.24, 2.45) is 0 Å². The van der Waals surface area contributed by atoms with Gasteiger partial charge in [-0.3, -0.25) is 4.79 Å². The first-order valence-electron chi connectivity index (χ1n) is 8.29. The molecule has 1 aromatic carbocycles. The van der Waals surface area contributed by atoms with Crippen molar-refractivity contribution < 1.29 is 13.2 Å². The zero-order valence-electron chi connectivity index (χ0n) is 14.4. The number of carbonyl (C=O) groups excluding carboxylic acids is 1. The van der Waals surface area contributed by atoms with E-state index in [1.807, 2.05) is 37.4 Å². The van der Waals surface area contributed by atoms with Gasteiger partial charge in [-0.1, -0.05) is 23.8 Å². The number of amides is 1. The van der Waals surface area contributed by atoms with Crippen LogP contribution in [-0.4, -0.2) is 37.8 Å². The Morgan fingerprint density at radius 3 is 2.52 bits per heavy atom. The lowest BCUT2D eigenvalue weighted by atomic mass is 10.1. The Bertz CT molecular complexity index is 852. The summed E-state index contributed by atoms with van der Waals surface area (Å²) < 4.78 is 27.3. The van der Waals surface area contributed by atoms with Gasteiger partial charge in [0.15, 0.2) is 0 Å². The zero-order chi connectivity index (χ0) is 18.0. The SMILES string of the molecule is Cc1ccc(S(=O)(=O)N2CCC(NC(=O)c3cccs3)CC2)c(C)c1. The standard InChI is InChI=1S/C18H22N2O3S2/c1-13-5-6-17(14(2)12-13)25(22,23)20-9-7-15(8-10-20)19-18(21)16-4-3-11-24-16/h3-6,11-12,15H,7-10H2,1-2H3,(H,19,21). The summed E-state index contributed by atoms with van der Waals surface area (Å²) in [5.41, 5.74) is 1.82. The van der Waals surface area contributed by atoms with Crippen LogP contribution in [-0.2, 0) is 10.0 Å². The lowest BCUT2D eigenvalue weighted by Gasteiger charge is -2.32. The highest BCUT2D eigenvalue weighted by atomic mass is 32.2. The summed E-state index contributed by atoms with van der Waals surface area (Å²) >= 11 is 1.41. The Morgan fingerprint density at radius 2 is 1.92 bits per heavy atom. The number of carbonyl (C=O) groups is 1. The number of rotatable bonds is 4. The van der Waals surface area contributed by atoms with E-state index in [1.54, 1.807) is 12.1 Å². The van der Waals surface area contributed by atoms with Gasteiger partial charge in [-0.15, -0.1) is 11.3 Å². The average Bonchev–Trinajstić information content (AvgIpc) is 3.09. The largest absolute Gasteiger partial charge is 0.349 e. The molecule has 0 bridgehead atoms. The number of sulfonamides is 1. The first-order valence-corrected chi connectivity index (χ1v) is 10.6. The van der Waals surface area contributed by atoms with Crippen molar-refractivity contribution in [2.75, 3.05) is 13.1 Å². The fourth-order valence-electron chi connectivity index (χ4n) is 3.13. The van der Waals surface area contributed by atoms with Crippen LogP contribution in [0.4, 0.5) is 0 Å². The Morgan fingerprint density at radius 1 is 1.20 bits per heavy atom. The van der Waals surface area contributed by atoms with E-state index in [-0.39, 0.29) is 11.9 Å². The monoisotopic (exact) mass is 378 g/mol. The third-order valence-corrected chi connectivity index (χ3v) is 7.41. The van der Waals surface area contributed by atoms with Crippen molar-refractivity contribution in [1.82, 2.24) is 9.62 Å². The molecule has 1 N–H and O–H groups in total. The van der Waals surface area contributed by atoms with E-state index in [0.29, 0.717) is 35.7 Å². The molecule has 1 aliphatic heterocycles. The van der Waals surface area contributed by atoms with Gasteiger partial charge in [-0.05, 0) is 49.8 Å². The van der Waals surface area contributed by atoms with E-state index in [2.05, 4.69) is 5.32 Å². The second-order valence-electron chi connectivity index (χ2n) is 6.40. The second kappa shape index (κ2) is 7.27. The summed E-state index contributed by atoms with van der Waals surface area (Å²) in [6.45, 7) is 4.62. The van der Waals surface area contributed by atoms with Crippen molar-refractivity contribution in [3.8, 4) is 0 Å². The Hall–Kier alpha value is -1.70. The van der Waals surface area contributed by atoms with Crippen LogP contribution < -0.4 is 5.32 Å². The van der Waals surface area contributed by atoms with Crippen molar-refractivity contribution in [3.05, 3.63) is 51.7 Å². The number of hydrogen-bond donors (Lipinski definition) is 1. The molecule has 1 fully saturated rings. The third-order valence-electron chi connectivity index (χ3n) is 4.48. The summed E-state index contributed by atoms with van der Waals surface area (Å²) in [6, 6.07) is 9.05. The summed E-state index contributed by atoms with van der Waals surface area (Å²) in [4.78, 5) is 13.2. The number of piperidine rings is 1. The quantitative estimate of drug-likeness (QED) is 0.889. The van der Waals surface area contributed by atoms with E-state index in [9.17, 15) is 13.2 Å². The molecule has 1 aliphatic rings. The van der Waals surface area contributed by atoms with Crippen LogP contribution >= 0.6 is 11.3 Å². The van der Waals surface area contributed by atoms with Crippen LogP contribution in [0.5, 0.6) is 0 Å². The van der Waals surface area contributed by atoms with Crippen LogP contribution in [0, 0.1) is 13.8 Å². The van der Waals surface area contributed by atoms with Gasteiger partial charge in [0, 0.05) is 19.1 Å². The maximum atomic E-state index is 12.9. The van der Waals surface area contributed by atoms with E-state index in [1.165, 1.54) is 15.6 Å². The van der Waals surface area contributed by atoms with Gasteiger partial charge in [0.1, 0.15) is 0 Å². The number of nitrogens with one attached hydrogen (secondary N) is 1. The molecule has 1 aromatic heterocycles. The molecule has 0 atom stereocenters. The minimum atomic E-state index is -3.48. The molecular formula is C18H22N2O3S2. The summed E-state index contributed by atoms with van der Waals surface area (Å²) in [7, 11) is -3.48. The molecule has 0 saturated carbocycles. The molecule has 0 radical (unpaired) electrons. The lowest BCUT2D eigenvalue weighted by molar-refractivity contribution is 0.0928. The van der Waals surface area contributed by atoms with Crippen molar-refractivity contribution in [2.45, 2.75) is 37.6 Å². The second-order valence-corrected chi connectivity index (χ2v) is 9.25. The molecule has 0 aliphatic carbocycles. The first-order chi connectivity index (χ1) is 11.9. The molecule has 3 rings (SSSR count). The highest BCUT2D eigenvalue weighted by Crippen LogP contribution is 2.24. The van der Waals surface area contributed by atoms with Crippen LogP contribution in [0.1, 0.15) is 33.6 Å². The topological polar surface area (TPSA) is 66.5 Å². The number of nitrogens with zero attached hydrogens (tertiary/aromatic N) is 1. The fourth-order valence-corrected chi connectivity index (χ4v) is 5.43. The Balaban J connectivity index is 1.64. The Kier molecular flexibility index (Phi) is 5.27. The van der Waals surface area contributed by atoms with Gasteiger partial charge < -0.3 is 5.32 Å². The maximum absolute atomic E-state index is 12.9. The number of aryl methyl sites for hydroxylation is 2. The normalized spacial score (nSPS) is 16.7. The van der Waals surface area contributed by atoms with Crippen molar-refractivity contribution in [3.63, 3.8) is 0 Å². The predicted molar refractivity (Wildman–Crippen MR) is 99.5 cm³/mol. The first kappa shape index (κ1) is 18.1. The van der Waals surface area contributed by atoms with Gasteiger partial charge in [0.05, 0.1) is 9.77 Å². The van der Waals surface area contributed by atoms with Crippen LogP contribution in [0.2, 0.25) is 0 Å². The van der Waals surface area contributed by atoms with Gasteiger partial charge in [0.25, 0.3) is 5.91 Å². The number of benzene rings is 1. The number of hydrogen-bond acceptors (Lipinski definition) is 4. The molecule has 2 aromatic rings. The van der Waals surface area contributed by atoms with Crippen molar-refractivity contribution >= 4 is 27.3 Å². The Labute approximate surface area is 152 Å². The molecule has 0 unspecified atom stereocenters. The van der Waals surface area contributed by atoms with E-state index in [4.69, 9.17) is 0 Å². The minimum absolute atomic E-state index is 0.0140. The zero-order valence-corrected chi connectivity index (χ0v) is 16.0. The van der Waals surface area contributed by atoms with E-state index >= 15 is 0 Å². The maximum Gasteiger partial charge on any atom is 0.261 e. The third kappa shape index (κ3) is 3.94. The van der Waals surface area contributed by atoms with Crippen LogP contribution in [0.25, 0.3) is 0 Å². The summed E-state index contributed by atoms with van der Waals surface area (Å²) in [5, 5.41) is 4.87. The van der Waals surface area contributed by atoms with Gasteiger partial charge in [-0.25, -0.2) is 8.42 Å². The highest BCUT2D eigenvalue weighted by Gasteiger charge is 2.31. The molecule has 2 heterocycles. The van der Waals surface area contributed by atoms with Crippen molar-refractivity contribution in [1.29, 1.82) is 0 Å². The lowest BCUT2D eigenvalue weighted by Crippen LogP contribution is -2.46. The predicted octanol–water partition coefficient (Wildman–Crippen LogP) is 2.95. The molecule has 5 nitrogen and oxygen atoms in total. The van der Waals surface area contributed by atoms with E-state index in [0.717, 1.165) is 11.1 Å². The van der Waals surface area contributed by atoms with Crippen LogP contribution in [0.15, 0.2) is 40.6 Å². The smallest absolute Gasteiger partial charge is 0.261 e. The molecule has 134 valence electrons. The van der Waals surface area contributed by atoms with Crippen LogP contribution in [0.3, 0.4) is 0 Å². The molecule has 0 spiro atoms. The molecular weight excluding hydrogens is 356 g/mol. The summed E-state index contributed by atoms with van der Waals surface area (Å²) in [6.07, 6.45) is 1.25. The summed E-state index contributed by atoms with van der Waals surface area (Å²) in [5.74, 6) is -0.0781. The fraction of sp³-hybridized carbons (Fsp3) is 0.389. The highest BCUT2D eigenvalue weighted by molar-refractivity contribution is 7.89. The minimum Gasteiger partial charge on any atom is -0.349 e.